The van der Waals surface area contributed by atoms with Gasteiger partial charge in [0, 0.05) is 6.20 Å². The molecule has 0 aliphatic carbocycles. The van der Waals surface area contributed by atoms with Gasteiger partial charge in [0.15, 0.2) is 11.6 Å². The molecule has 0 aromatic carbocycles. The summed E-state index contributed by atoms with van der Waals surface area (Å²) < 4.78 is 24.5. The molecule has 0 saturated carbocycles. The van der Waals surface area contributed by atoms with E-state index in [2.05, 4.69) is 4.98 Å². The number of hydrogen-bond acceptors (Lipinski definition) is 1. The second kappa shape index (κ2) is 2.55. The lowest BCUT2D eigenvalue weighted by Crippen LogP contribution is -1.90. The van der Waals surface area contributed by atoms with Crippen molar-refractivity contribution >= 4 is 22.6 Å². The fourth-order valence-electron chi connectivity index (χ4n) is 0.397. The molecule has 1 heterocycles. The van der Waals surface area contributed by atoms with Crippen LogP contribution >= 0.6 is 22.6 Å². The molecular weight excluding hydrogens is 239 g/mol. The molecule has 4 heteroatoms. The van der Waals surface area contributed by atoms with E-state index in [9.17, 15) is 8.78 Å². The first kappa shape index (κ1) is 6.85. The molecule has 0 N–H and O–H groups in total. The summed E-state index contributed by atoms with van der Waals surface area (Å²) in [6.45, 7) is 0. The van der Waals surface area contributed by atoms with Gasteiger partial charge in [-0.05, 0) is 28.7 Å². The zero-order chi connectivity index (χ0) is 6.85. The van der Waals surface area contributed by atoms with Crippen LogP contribution in [0.1, 0.15) is 0 Å². The molecule has 0 aliphatic rings. The van der Waals surface area contributed by atoms with E-state index in [4.69, 9.17) is 0 Å². The van der Waals surface area contributed by atoms with E-state index in [1.807, 2.05) is 0 Å². The van der Waals surface area contributed by atoms with Crippen molar-refractivity contribution in [2.24, 2.45) is 0 Å². The first-order valence-electron chi connectivity index (χ1n) is 2.17. The Morgan fingerprint density at radius 1 is 1.44 bits per heavy atom. The van der Waals surface area contributed by atoms with Crippen molar-refractivity contribution in [3.05, 3.63) is 27.6 Å². The molecule has 1 nitrogen and oxygen atoms in total. The maximum absolute atomic E-state index is 12.3. The summed E-state index contributed by atoms with van der Waals surface area (Å²) in [6.07, 6.45) is 1.22. The van der Waals surface area contributed by atoms with Crippen molar-refractivity contribution in [1.82, 2.24) is 4.98 Å². The Morgan fingerprint density at radius 3 is 2.56 bits per heavy atom. The van der Waals surface area contributed by atoms with Crippen LogP contribution in [-0.2, 0) is 0 Å². The van der Waals surface area contributed by atoms with Crippen LogP contribution in [0.3, 0.4) is 0 Å². The van der Waals surface area contributed by atoms with Crippen LogP contribution in [0.4, 0.5) is 8.78 Å². The quantitative estimate of drug-likeness (QED) is 0.499. The number of aromatic nitrogens is 1. The summed E-state index contributed by atoms with van der Waals surface area (Å²) in [5, 5.41) is 0. The molecule has 1 rings (SSSR count). The zero-order valence-corrected chi connectivity index (χ0v) is 6.39. The summed E-state index contributed by atoms with van der Waals surface area (Å²) >= 11 is 1.62. The lowest BCUT2D eigenvalue weighted by atomic mass is 10.5. The molecule has 0 radical (unpaired) electrons. The van der Waals surface area contributed by atoms with Crippen molar-refractivity contribution < 1.29 is 8.78 Å². The third-order valence-electron chi connectivity index (χ3n) is 0.800. The molecule has 9 heavy (non-hydrogen) atoms. The van der Waals surface area contributed by atoms with Crippen LogP contribution < -0.4 is 0 Å². The SMILES string of the molecule is Fc1ccnc(I)c1F. The molecule has 0 unspecified atom stereocenters. The van der Waals surface area contributed by atoms with Crippen LogP contribution in [0.15, 0.2) is 12.3 Å². The Labute approximate surface area is 64.2 Å². The van der Waals surface area contributed by atoms with Crippen LogP contribution in [0.2, 0.25) is 0 Å². The van der Waals surface area contributed by atoms with Crippen molar-refractivity contribution in [2.45, 2.75) is 0 Å². The van der Waals surface area contributed by atoms with Crippen LogP contribution in [0, 0.1) is 15.3 Å². The monoisotopic (exact) mass is 241 g/mol. The van der Waals surface area contributed by atoms with Gasteiger partial charge in [-0.15, -0.1) is 0 Å². The van der Waals surface area contributed by atoms with Gasteiger partial charge in [0.1, 0.15) is 3.70 Å². The van der Waals surface area contributed by atoms with E-state index in [-0.39, 0.29) is 3.70 Å². The smallest absolute Gasteiger partial charge is 0.190 e. The van der Waals surface area contributed by atoms with Gasteiger partial charge in [-0.25, -0.2) is 13.8 Å². The van der Waals surface area contributed by atoms with E-state index in [1.165, 1.54) is 6.20 Å². The number of pyridine rings is 1. The Morgan fingerprint density at radius 2 is 2.11 bits per heavy atom. The Hall–Kier alpha value is -0.260. The number of halogens is 3. The Kier molecular flexibility index (Phi) is 1.94. The summed E-state index contributed by atoms with van der Waals surface area (Å²) in [7, 11) is 0. The molecule has 0 aliphatic heterocycles. The van der Waals surface area contributed by atoms with Gasteiger partial charge in [0.2, 0.25) is 0 Å². The molecule has 1 aromatic heterocycles. The molecule has 0 amide bonds. The highest BCUT2D eigenvalue weighted by Crippen LogP contribution is 2.09. The van der Waals surface area contributed by atoms with Gasteiger partial charge < -0.3 is 0 Å². The average Bonchev–Trinajstić information content (AvgIpc) is 1.83. The second-order valence-corrected chi connectivity index (χ2v) is 2.42. The molecule has 48 valence electrons. The average molecular weight is 241 g/mol. The van der Waals surface area contributed by atoms with E-state index in [0.717, 1.165) is 6.07 Å². The number of hydrogen-bond donors (Lipinski definition) is 0. The maximum Gasteiger partial charge on any atom is 0.190 e. The second-order valence-electron chi connectivity index (χ2n) is 1.40. The molecule has 1 aromatic rings. The highest BCUT2D eigenvalue weighted by molar-refractivity contribution is 14.1. The molecule has 0 fully saturated rings. The van der Waals surface area contributed by atoms with E-state index < -0.39 is 11.6 Å². The molecule has 0 atom stereocenters. The third-order valence-corrected chi connectivity index (χ3v) is 1.55. The lowest BCUT2D eigenvalue weighted by Gasteiger charge is -1.90. The molecule has 0 saturated heterocycles. The predicted octanol–water partition coefficient (Wildman–Crippen LogP) is 1.96. The van der Waals surface area contributed by atoms with Crippen molar-refractivity contribution in [3.63, 3.8) is 0 Å². The highest BCUT2D eigenvalue weighted by Gasteiger charge is 2.03. The largest absolute Gasteiger partial charge is 0.247 e. The summed E-state index contributed by atoms with van der Waals surface area (Å²) in [4.78, 5) is 3.51. The Bertz CT molecular complexity index is 206. The van der Waals surface area contributed by atoms with Crippen molar-refractivity contribution in [2.75, 3.05) is 0 Å². The van der Waals surface area contributed by atoms with Crippen molar-refractivity contribution in [3.8, 4) is 0 Å². The fraction of sp³-hybridized carbons (Fsp3) is 0. The lowest BCUT2D eigenvalue weighted by molar-refractivity contribution is 0.497. The van der Waals surface area contributed by atoms with Crippen LogP contribution in [0.25, 0.3) is 0 Å². The van der Waals surface area contributed by atoms with Gasteiger partial charge >= 0.3 is 0 Å². The fourth-order valence-corrected chi connectivity index (χ4v) is 0.815. The molecule has 0 spiro atoms. The topological polar surface area (TPSA) is 12.9 Å². The van der Waals surface area contributed by atoms with E-state index in [0.29, 0.717) is 0 Å². The minimum atomic E-state index is -0.877. The summed E-state index contributed by atoms with van der Waals surface area (Å²) in [5.74, 6) is -1.73. The van der Waals surface area contributed by atoms with Crippen LogP contribution in [-0.4, -0.2) is 4.98 Å². The molecular formula is C5H2F2IN. The highest BCUT2D eigenvalue weighted by atomic mass is 127. The van der Waals surface area contributed by atoms with Crippen molar-refractivity contribution in [1.29, 1.82) is 0 Å². The predicted molar refractivity (Wildman–Crippen MR) is 36.9 cm³/mol. The van der Waals surface area contributed by atoms with Crippen LogP contribution in [0.5, 0.6) is 0 Å². The summed E-state index contributed by atoms with van der Waals surface area (Å²) in [6, 6.07) is 0.984. The maximum atomic E-state index is 12.3. The van der Waals surface area contributed by atoms with Gasteiger partial charge in [0.25, 0.3) is 0 Å². The third kappa shape index (κ3) is 1.35. The number of nitrogens with zero attached hydrogens (tertiary/aromatic N) is 1. The van der Waals surface area contributed by atoms with Gasteiger partial charge in [0.05, 0.1) is 0 Å². The summed E-state index contributed by atoms with van der Waals surface area (Å²) in [5.41, 5.74) is 0. The minimum Gasteiger partial charge on any atom is -0.247 e. The normalized spacial score (nSPS) is 9.67. The number of rotatable bonds is 0. The zero-order valence-electron chi connectivity index (χ0n) is 4.24. The van der Waals surface area contributed by atoms with E-state index >= 15 is 0 Å². The van der Waals surface area contributed by atoms with Gasteiger partial charge in [-0.1, -0.05) is 0 Å². The first-order chi connectivity index (χ1) is 4.22. The standard InChI is InChI=1S/C5H2F2IN/c6-3-1-2-9-5(8)4(3)7/h1-2H. The minimum absolute atomic E-state index is 0.0626. The van der Waals surface area contributed by atoms with Gasteiger partial charge in [-0.2, -0.15) is 0 Å². The van der Waals surface area contributed by atoms with E-state index in [1.54, 1.807) is 22.6 Å². The Balaban J connectivity index is 3.25. The van der Waals surface area contributed by atoms with Gasteiger partial charge in [-0.3, -0.25) is 0 Å². The first-order valence-corrected chi connectivity index (χ1v) is 3.25. The molecule has 0 bridgehead atoms.